The van der Waals surface area contributed by atoms with E-state index >= 15 is 0 Å². The number of pyridine rings is 1. The lowest BCUT2D eigenvalue weighted by molar-refractivity contribution is -0.00245. The van der Waals surface area contributed by atoms with Gasteiger partial charge < -0.3 is 4.74 Å². The third-order valence-electron chi connectivity index (χ3n) is 2.93. The summed E-state index contributed by atoms with van der Waals surface area (Å²) in [5, 5.41) is 0. The van der Waals surface area contributed by atoms with Crippen LogP contribution in [0.15, 0.2) is 24.4 Å². The zero-order valence-electron chi connectivity index (χ0n) is 11.8. The topological polar surface area (TPSA) is 42.4 Å². The molecule has 0 saturated carbocycles. The lowest BCUT2D eigenvalue weighted by Crippen LogP contribution is -2.38. The summed E-state index contributed by atoms with van der Waals surface area (Å²) in [5.74, 6) is -2.92. The van der Waals surface area contributed by atoms with Gasteiger partial charge in [-0.15, -0.1) is 0 Å². The van der Waals surface area contributed by atoms with Gasteiger partial charge in [-0.1, -0.05) is 6.07 Å². The highest BCUT2D eigenvalue weighted by molar-refractivity contribution is 5.69. The van der Waals surface area contributed by atoms with E-state index in [-0.39, 0.29) is 0 Å². The maximum atomic E-state index is 13.6. The first kappa shape index (κ1) is 14.7. The second kappa shape index (κ2) is 5.00. The fourth-order valence-corrected chi connectivity index (χ4v) is 2.17. The second-order valence-electron chi connectivity index (χ2n) is 5.94. The Labute approximate surface area is 116 Å². The van der Waals surface area contributed by atoms with Crippen molar-refractivity contribution < 1.29 is 18.3 Å². The lowest BCUT2D eigenvalue weighted by Gasteiger charge is -2.27. The van der Waals surface area contributed by atoms with Crippen molar-refractivity contribution in [3.8, 4) is 0 Å². The summed E-state index contributed by atoms with van der Waals surface area (Å²) < 4.78 is 32.5. The van der Waals surface area contributed by atoms with Crippen LogP contribution >= 0.6 is 0 Å². The van der Waals surface area contributed by atoms with Crippen LogP contribution in [0.2, 0.25) is 0 Å². The van der Waals surface area contributed by atoms with Crippen LogP contribution in [-0.4, -0.2) is 34.0 Å². The molecule has 0 spiro atoms. The van der Waals surface area contributed by atoms with Gasteiger partial charge in [0.2, 0.25) is 0 Å². The highest BCUT2D eigenvalue weighted by atomic mass is 19.3. The molecule has 1 aromatic rings. The average molecular weight is 284 g/mol. The van der Waals surface area contributed by atoms with Crippen LogP contribution in [0.25, 0.3) is 0 Å². The standard InChI is InChI=1S/C14H18F2N2O2/c1-13(2,3)20-12(19)18-9-14(15,16)8-11(18)10-6-4-5-7-17-10/h4-7,11H,8-9H2,1-3H3. The van der Waals surface area contributed by atoms with E-state index in [0.29, 0.717) is 5.69 Å². The van der Waals surface area contributed by atoms with Crippen LogP contribution in [0.1, 0.15) is 38.9 Å². The monoisotopic (exact) mass is 284 g/mol. The zero-order chi connectivity index (χ0) is 15.0. The van der Waals surface area contributed by atoms with Crippen molar-refractivity contribution in [2.24, 2.45) is 0 Å². The number of carbonyl (C=O) groups is 1. The number of aromatic nitrogens is 1. The molecular formula is C14H18F2N2O2. The molecule has 4 nitrogen and oxygen atoms in total. The summed E-state index contributed by atoms with van der Waals surface area (Å²) >= 11 is 0. The fourth-order valence-electron chi connectivity index (χ4n) is 2.17. The van der Waals surface area contributed by atoms with Gasteiger partial charge in [0.25, 0.3) is 5.92 Å². The SMILES string of the molecule is CC(C)(C)OC(=O)N1CC(F)(F)CC1c1ccccn1. The Balaban J connectivity index is 2.23. The summed E-state index contributed by atoms with van der Waals surface area (Å²) in [6, 6.07) is 4.31. The molecule has 1 aliphatic heterocycles. The molecule has 6 heteroatoms. The smallest absolute Gasteiger partial charge is 0.411 e. The van der Waals surface area contributed by atoms with E-state index in [1.807, 2.05) is 0 Å². The van der Waals surface area contributed by atoms with E-state index < -0.39 is 36.6 Å². The number of halogens is 2. The van der Waals surface area contributed by atoms with Crippen molar-refractivity contribution >= 4 is 6.09 Å². The molecule has 0 aliphatic carbocycles. The minimum Gasteiger partial charge on any atom is -0.444 e. The van der Waals surface area contributed by atoms with Crippen molar-refractivity contribution in [1.82, 2.24) is 9.88 Å². The van der Waals surface area contributed by atoms with Gasteiger partial charge in [-0.2, -0.15) is 0 Å². The molecule has 0 radical (unpaired) electrons. The maximum Gasteiger partial charge on any atom is 0.411 e. The number of rotatable bonds is 1. The molecule has 110 valence electrons. The van der Waals surface area contributed by atoms with Crippen LogP contribution in [0.3, 0.4) is 0 Å². The minimum atomic E-state index is -2.92. The Morgan fingerprint density at radius 3 is 2.70 bits per heavy atom. The largest absolute Gasteiger partial charge is 0.444 e. The van der Waals surface area contributed by atoms with Crippen LogP contribution in [-0.2, 0) is 4.74 Å². The summed E-state index contributed by atoms with van der Waals surface area (Å²) in [4.78, 5) is 17.2. The van der Waals surface area contributed by atoms with Gasteiger partial charge in [0, 0.05) is 12.6 Å². The first-order valence-corrected chi connectivity index (χ1v) is 6.46. The van der Waals surface area contributed by atoms with Crippen LogP contribution in [0, 0.1) is 0 Å². The second-order valence-corrected chi connectivity index (χ2v) is 5.94. The zero-order valence-corrected chi connectivity index (χ0v) is 11.8. The molecule has 1 amide bonds. The number of ether oxygens (including phenoxy) is 1. The van der Waals surface area contributed by atoms with Gasteiger partial charge in [0.1, 0.15) is 5.60 Å². The third kappa shape index (κ3) is 3.43. The molecule has 2 heterocycles. The van der Waals surface area contributed by atoms with Crippen molar-refractivity contribution in [3.63, 3.8) is 0 Å². The molecule has 1 unspecified atom stereocenters. The summed E-state index contributed by atoms with van der Waals surface area (Å²) in [6.45, 7) is 4.47. The molecule has 0 bridgehead atoms. The summed E-state index contributed by atoms with van der Waals surface area (Å²) in [7, 11) is 0. The van der Waals surface area contributed by atoms with Gasteiger partial charge in [-0.05, 0) is 32.9 Å². The molecule has 0 N–H and O–H groups in total. The van der Waals surface area contributed by atoms with Gasteiger partial charge in [0.15, 0.2) is 0 Å². The normalized spacial score (nSPS) is 21.9. The molecule has 1 aliphatic rings. The number of likely N-dealkylation sites (tertiary alicyclic amines) is 1. The van der Waals surface area contributed by atoms with Crippen molar-refractivity contribution in [1.29, 1.82) is 0 Å². The first-order valence-electron chi connectivity index (χ1n) is 6.46. The number of hydrogen-bond donors (Lipinski definition) is 0. The average Bonchev–Trinajstić information content (AvgIpc) is 2.65. The number of amides is 1. The highest BCUT2D eigenvalue weighted by Crippen LogP contribution is 2.40. The maximum absolute atomic E-state index is 13.6. The molecule has 0 aromatic carbocycles. The van der Waals surface area contributed by atoms with Crippen molar-refractivity contribution in [2.75, 3.05) is 6.54 Å². The Hall–Kier alpha value is -1.72. The molecule has 20 heavy (non-hydrogen) atoms. The van der Waals surface area contributed by atoms with Crippen LogP contribution in [0.4, 0.5) is 13.6 Å². The van der Waals surface area contributed by atoms with E-state index in [9.17, 15) is 13.6 Å². The lowest BCUT2D eigenvalue weighted by atomic mass is 10.1. The van der Waals surface area contributed by atoms with Crippen molar-refractivity contribution in [3.05, 3.63) is 30.1 Å². The van der Waals surface area contributed by atoms with Crippen molar-refractivity contribution in [2.45, 2.75) is 44.8 Å². The highest BCUT2D eigenvalue weighted by Gasteiger charge is 2.49. The number of hydrogen-bond acceptors (Lipinski definition) is 3. The van der Waals surface area contributed by atoms with Gasteiger partial charge in [-0.25, -0.2) is 13.6 Å². The van der Waals surface area contributed by atoms with Crippen LogP contribution in [0.5, 0.6) is 0 Å². The molecule has 1 aromatic heterocycles. The number of nitrogens with zero attached hydrogens (tertiary/aromatic N) is 2. The predicted octanol–water partition coefficient (Wildman–Crippen LogP) is 3.40. The molecule has 1 saturated heterocycles. The van der Waals surface area contributed by atoms with E-state index in [0.717, 1.165) is 4.90 Å². The van der Waals surface area contributed by atoms with E-state index in [1.165, 1.54) is 6.20 Å². The Bertz CT molecular complexity index is 486. The number of alkyl halides is 2. The molecule has 1 atom stereocenters. The summed E-state index contributed by atoms with van der Waals surface area (Å²) in [6.07, 6.45) is 0.368. The van der Waals surface area contributed by atoms with Crippen LogP contribution < -0.4 is 0 Å². The van der Waals surface area contributed by atoms with Gasteiger partial charge >= 0.3 is 6.09 Å². The quantitative estimate of drug-likeness (QED) is 0.793. The summed E-state index contributed by atoms with van der Waals surface area (Å²) in [5.41, 5.74) is -0.264. The van der Waals surface area contributed by atoms with E-state index in [2.05, 4.69) is 4.98 Å². The first-order chi connectivity index (χ1) is 9.18. The van der Waals surface area contributed by atoms with E-state index in [1.54, 1.807) is 39.0 Å². The Kier molecular flexibility index (Phi) is 3.67. The number of carbonyl (C=O) groups excluding carboxylic acids is 1. The minimum absolute atomic E-state index is 0.427. The van der Waals surface area contributed by atoms with Gasteiger partial charge in [0.05, 0.1) is 18.3 Å². The predicted molar refractivity (Wildman–Crippen MR) is 69.5 cm³/mol. The Morgan fingerprint density at radius 2 is 2.15 bits per heavy atom. The molecular weight excluding hydrogens is 266 g/mol. The molecule has 2 rings (SSSR count). The fraction of sp³-hybridized carbons (Fsp3) is 0.571. The van der Waals surface area contributed by atoms with Gasteiger partial charge in [-0.3, -0.25) is 9.88 Å². The third-order valence-corrected chi connectivity index (χ3v) is 2.93. The molecule has 1 fully saturated rings. The van der Waals surface area contributed by atoms with E-state index in [4.69, 9.17) is 4.74 Å². The Morgan fingerprint density at radius 1 is 1.45 bits per heavy atom.